The smallest absolute Gasteiger partial charge is 0.0634 e. The van der Waals surface area contributed by atoms with Crippen LogP contribution < -0.4 is 0 Å². The van der Waals surface area contributed by atoms with Crippen LogP contribution in [-0.4, -0.2) is 28.0 Å². The van der Waals surface area contributed by atoms with E-state index < -0.39 is 0 Å². The monoisotopic (exact) mass is 287 g/mol. The quantitative estimate of drug-likeness (QED) is 0.865. The van der Waals surface area contributed by atoms with Gasteiger partial charge in [-0.2, -0.15) is 0 Å². The third-order valence-electron chi connectivity index (χ3n) is 3.84. The van der Waals surface area contributed by atoms with Crippen LogP contribution in [0.4, 0.5) is 0 Å². The zero-order valence-corrected chi connectivity index (χ0v) is 12.1. The minimum Gasteiger partial charge on any atom is -0.299 e. The molecule has 1 unspecified atom stereocenters. The van der Waals surface area contributed by atoms with Gasteiger partial charge in [0.1, 0.15) is 0 Å². The molecule has 20 heavy (non-hydrogen) atoms. The third-order valence-corrected chi connectivity index (χ3v) is 4.18. The lowest BCUT2D eigenvalue weighted by Gasteiger charge is -2.16. The van der Waals surface area contributed by atoms with Crippen LogP contribution in [0.1, 0.15) is 17.7 Å². The second-order valence-corrected chi connectivity index (χ2v) is 5.79. The van der Waals surface area contributed by atoms with Gasteiger partial charge < -0.3 is 0 Å². The average molecular weight is 288 g/mol. The molecule has 1 aliphatic heterocycles. The van der Waals surface area contributed by atoms with Crippen LogP contribution in [0.25, 0.3) is 0 Å². The first kappa shape index (κ1) is 13.5. The van der Waals surface area contributed by atoms with Gasteiger partial charge in [0.2, 0.25) is 0 Å². The second kappa shape index (κ2) is 6.33. The van der Waals surface area contributed by atoms with E-state index in [1.54, 1.807) is 6.20 Å². The van der Waals surface area contributed by atoms with Crippen LogP contribution in [0, 0.1) is 5.92 Å². The van der Waals surface area contributed by atoms with E-state index in [-0.39, 0.29) is 0 Å². The van der Waals surface area contributed by atoms with Crippen LogP contribution in [-0.2, 0) is 13.0 Å². The van der Waals surface area contributed by atoms with Crippen LogP contribution in [0.3, 0.4) is 0 Å². The van der Waals surface area contributed by atoms with Crippen LogP contribution >= 0.6 is 11.6 Å². The van der Waals surface area contributed by atoms with Crippen molar-refractivity contribution in [2.45, 2.75) is 19.4 Å². The Hall–Kier alpha value is -1.45. The first-order valence-electron chi connectivity index (χ1n) is 7.02. The Morgan fingerprint density at radius 3 is 3.00 bits per heavy atom. The van der Waals surface area contributed by atoms with Gasteiger partial charge in [0.25, 0.3) is 0 Å². The second-order valence-electron chi connectivity index (χ2n) is 5.38. The molecule has 1 fully saturated rings. The number of halogens is 1. The fraction of sp³-hybridized carbons (Fsp3) is 0.375. The van der Waals surface area contributed by atoms with E-state index in [1.165, 1.54) is 17.7 Å². The van der Waals surface area contributed by atoms with E-state index in [9.17, 15) is 0 Å². The largest absolute Gasteiger partial charge is 0.299 e. The van der Waals surface area contributed by atoms with Gasteiger partial charge in [0.15, 0.2) is 0 Å². The summed E-state index contributed by atoms with van der Waals surface area (Å²) in [6.07, 6.45) is 7.71. The summed E-state index contributed by atoms with van der Waals surface area (Å²) in [7, 11) is 0. The molecule has 3 heterocycles. The van der Waals surface area contributed by atoms with Crippen molar-refractivity contribution in [1.82, 2.24) is 14.9 Å². The number of nitrogens with zero attached hydrogens (tertiary/aromatic N) is 3. The third kappa shape index (κ3) is 3.35. The minimum absolute atomic E-state index is 0.700. The summed E-state index contributed by atoms with van der Waals surface area (Å²) in [5, 5.41) is 0.765. The molecule has 1 atom stereocenters. The molecule has 1 saturated heterocycles. The van der Waals surface area contributed by atoms with Gasteiger partial charge in [-0.25, -0.2) is 0 Å². The summed E-state index contributed by atoms with van der Waals surface area (Å²) in [5.41, 5.74) is 2.36. The van der Waals surface area contributed by atoms with E-state index in [0.717, 1.165) is 31.1 Å². The Morgan fingerprint density at radius 1 is 1.25 bits per heavy atom. The molecule has 0 amide bonds. The Labute approximate surface area is 124 Å². The number of likely N-dealkylation sites (tertiary alicyclic amines) is 1. The molecule has 4 heteroatoms. The van der Waals surface area contributed by atoms with Crippen molar-refractivity contribution in [1.29, 1.82) is 0 Å². The fourth-order valence-corrected chi connectivity index (χ4v) is 2.99. The summed E-state index contributed by atoms with van der Waals surface area (Å²) in [6.45, 7) is 3.17. The summed E-state index contributed by atoms with van der Waals surface area (Å²) in [6, 6.07) is 8.15. The maximum absolute atomic E-state index is 6.17. The van der Waals surface area contributed by atoms with Gasteiger partial charge in [-0.1, -0.05) is 17.7 Å². The number of rotatable bonds is 4. The normalized spacial score (nSPS) is 19.4. The SMILES string of the molecule is Clc1cnccc1CN1CCC(Cc2ccccn2)C1. The van der Waals surface area contributed by atoms with E-state index >= 15 is 0 Å². The van der Waals surface area contributed by atoms with Gasteiger partial charge >= 0.3 is 0 Å². The Kier molecular flexibility index (Phi) is 4.28. The minimum atomic E-state index is 0.700. The van der Waals surface area contributed by atoms with Crippen molar-refractivity contribution in [2.75, 3.05) is 13.1 Å². The van der Waals surface area contributed by atoms with Crippen LogP contribution in [0.5, 0.6) is 0 Å². The van der Waals surface area contributed by atoms with Gasteiger partial charge in [-0.3, -0.25) is 14.9 Å². The molecule has 0 aliphatic carbocycles. The van der Waals surface area contributed by atoms with Crippen molar-refractivity contribution in [2.24, 2.45) is 5.92 Å². The highest BCUT2D eigenvalue weighted by Gasteiger charge is 2.23. The van der Waals surface area contributed by atoms with Crippen LogP contribution in [0.2, 0.25) is 5.02 Å². The van der Waals surface area contributed by atoms with Gasteiger partial charge in [0.05, 0.1) is 5.02 Å². The Balaban J connectivity index is 1.56. The predicted molar refractivity (Wildman–Crippen MR) is 80.6 cm³/mol. The lowest BCUT2D eigenvalue weighted by molar-refractivity contribution is 0.316. The molecule has 0 bridgehead atoms. The number of aromatic nitrogens is 2. The number of hydrogen-bond acceptors (Lipinski definition) is 3. The molecular formula is C16H18ClN3. The first-order chi connectivity index (χ1) is 9.81. The Bertz CT molecular complexity index is 559. The Morgan fingerprint density at radius 2 is 2.20 bits per heavy atom. The highest BCUT2D eigenvalue weighted by Crippen LogP contribution is 2.23. The molecule has 3 rings (SSSR count). The first-order valence-corrected chi connectivity index (χ1v) is 7.40. The number of pyridine rings is 2. The highest BCUT2D eigenvalue weighted by molar-refractivity contribution is 6.31. The number of hydrogen-bond donors (Lipinski definition) is 0. The maximum atomic E-state index is 6.17. The fourth-order valence-electron chi connectivity index (χ4n) is 2.81. The summed E-state index contributed by atoms with van der Waals surface area (Å²) in [4.78, 5) is 10.9. The van der Waals surface area contributed by atoms with E-state index in [4.69, 9.17) is 11.6 Å². The standard InChI is InChI=1S/C16H18ClN3/c17-16-10-18-7-4-14(16)12-20-8-5-13(11-20)9-15-3-1-2-6-19-15/h1-4,6-7,10,13H,5,8-9,11-12H2. The molecule has 2 aromatic rings. The summed E-state index contributed by atoms with van der Waals surface area (Å²) < 4.78 is 0. The molecule has 0 aromatic carbocycles. The predicted octanol–water partition coefficient (Wildman–Crippen LogP) is 3.19. The lowest BCUT2D eigenvalue weighted by atomic mass is 10.0. The molecule has 0 N–H and O–H groups in total. The van der Waals surface area contributed by atoms with Crippen molar-refractivity contribution in [3.8, 4) is 0 Å². The highest BCUT2D eigenvalue weighted by atomic mass is 35.5. The zero-order chi connectivity index (χ0) is 13.8. The lowest BCUT2D eigenvalue weighted by Crippen LogP contribution is -2.21. The average Bonchev–Trinajstić information content (AvgIpc) is 2.90. The molecule has 0 spiro atoms. The van der Waals surface area contributed by atoms with Gasteiger partial charge in [0, 0.05) is 37.4 Å². The van der Waals surface area contributed by atoms with Crippen molar-refractivity contribution in [3.63, 3.8) is 0 Å². The molecule has 0 radical (unpaired) electrons. The van der Waals surface area contributed by atoms with Crippen molar-refractivity contribution < 1.29 is 0 Å². The summed E-state index contributed by atoms with van der Waals surface area (Å²) >= 11 is 6.17. The van der Waals surface area contributed by atoms with E-state index in [1.807, 2.05) is 24.5 Å². The van der Waals surface area contributed by atoms with E-state index in [0.29, 0.717) is 5.92 Å². The van der Waals surface area contributed by atoms with Gasteiger partial charge in [-0.15, -0.1) is 0 Å². The molecular weight excluding hydrogens is 270 g/mol. The maximum Gasteiger partial charge on any atom is 0.0634 e. The molecule has 1 aliphatic rings. The van der Waals surface area contributed by atoms with Crippen molar-refractivity contribution in [3.05, 3.63) is 59.1 Å². The molecule has 3 nitrogen and oxygen atoms in total. The van der Waals surface area contributed by atoms with Crippen LogP contribution in [0.15, 0.2) is 42.9 Å². The molecule has 2 aromatic heterocycles. The van der Waals surface area contributed by atoms with Crippen molar-refractivity contribution >= 4 is 11.6 Å². The zero-order valence-electron chi connectivity index (χ0n) is 11.4. The van der Waals surface area contributed by atoms with E-state index in [2.05, 4.69) is 27.0 Å². The topological polar surface area (TPSA) is 29.0 Å². The summed E-state index contributed by atoms with van der Waals surface area (Å²) in [5.74, 6) is 0.700. The molecule has 0 saturated carbocycles. The molecule has 104 valence electrons. The van der Waals surface area contributed by atoms with Gasteiger partial charge in [-0.05, 0) is 49.1 Å².